The normalized spacial score (nSPS) is 11.5. The lowest BCUT2D eigenvalue weighted by molar-refractivity contribution is 1.18. The summed E-state index contributed by atoms with van der Waals surface area (Å²) in [6.07, 6.45) is 0. The molecule has 26 aromatic rings. The first-order valence-electron chi connectivity index (χ1n) is 46.8. The molecular formula is C132H88N4. The summed E-state index contributed by atoms with van der Waals surface area (Å²) in [6.45, 7) is 0. The average Bonchev–Trinajstić information content (AvgIpc) is 1.56. The topological polar surface area (TPSA) is 19.7 Å². The summed E-state index contributed by atoms with van der Waals surface area (Å²) in [5.74, 6) is 0. The number of para-hydroxylation sites is 5. The van der Waals surface area contributed by atoms with E-state index in [1.165, 1.54) is 221 Å². The molecule has 0 saturated carbocycles. The van der Waals surface area contributed by atoms with Gasteiger partial charge in [-0.3, -0.25) is 0 Å². The van der Waals surface area contributed by atoms with E-state index in [0.717, 1.165) is 22.7 Å². The van der Waals surface area contributed by atoms with E-state index in [-0.39, 0.29) is 0 Å². The van der Waals surface area contributed by atoms with Gasteiger partial charge in [-0.1, -0.05) is 413 Å². The molecule has 636 valence electrons. The summed E-state index contributed by atoms with van der Waals surface area (Å²) in [4.78, 5) is 0. The van der Waals surface area contributed by atoms with Crippen LogP contribution in [0, 0.1) is 0 Å². The van der Waals surface area contributed by atoms with E-state index in [4.69, 9.17) is 0 Å². The van der Waals surface area contributed by atoms with Crippen molar-refractivity contribution in [1.82, 2.24) is 18.3 Å². The van der Waals surface area contributed by atoms with Gasteiger partial charge >= 0.3 is 0 Å². The Bertz CT molecular complexity index is 9030. The molecule has 22 aromatic carbocycles. The van der Waals surface area contributed by atoms with Gasteiger partial charge in [0.15, 0.2) is 0 Å². The fourth-order valence-electron chi connectivity index (χ4n) is 21.0. The highest BCUT2D eigenvalue weighted by Crippen LogP contribution is 2.48. The molecule has 4 heteroatoms. The summed E-state index contributed by atoms with van der Waals surface area (Å²) in [6, 6.07) is 195. The third kappa shape index (κ3) is 14.5. The molecule has 0 saturated heterocycles. The number of hydrogen-bond acceptors (Lipinski definition) is 0. The molecule has 0 N–H and O–H groups in total. The van der Waals surface area contributed by atoms with E-state index < -0.39 is 0 Å². The Kier molecular flexibility index (Phi) is 20.3. The maximum absolute atomic E-state index is 2.47. The Morgan fingerprint density at radius 2 is 0.338 bits per heavy atom. The van der Waals surface area contributed by atoms with Crippen molar-refractivity contribution in [1.29, 1.82) is 0 Å². The van der Waals surface area contributed by atoms with Crippen LogP contribution in [0.25, 0.3) is 243 Å². The van der Waals surface area contributed by atoms with Gasteiger partial charge in [-0.15, -0.1) is 0 Å². The first kappa shape index (κ1) is 80.1. The van der Waals surface area contributed by atoms with Crippen molar-refractivity contribution in [2.75, 3.05) is 0 Å². The van der Waals surface area contributed by atoms with E-state index in [0.29, 0.717) is 0 Å². The van der Waals surface area contributed by atoms with Gasteiger partial charge in [0.05, 0.1) is 44.1 Å². The maximum Gasteiger partial charge on any atom is 0.0619 e. The average molecular weight is 1730 g/mol. The third-order valence-electron chi connectivity index (χ3n) is 27.5. The number of benzene rings is 22. The van der Waals surface area contributed by atoms with Gasteiger partial charge in [0.25, 0.3) is 0 Å². The van der Waals surface area contributed by atoms with Crippen molar-refractivity contribution in [3.05, 3.63) is 534 Å². The Labute approximate surface area is 790 Å². The molecule has 0 fully saturated rings. The number of nitrogens with zero attached hydrogens (tertiary/aromatic N) is 4. The Hall–Kier alpha value is -18.0. The molecular weight excluding hydrogens is 1640 g/mol. The monoisotopic (exact) mass is 1730 g/mol. The fourth-order valence-corrected chi connectivity index (χ4v) is 21.0. The minimum absolute atomic E-state index is 1.13. The number of rotatable bonds is 16. The Morgan fingerprint density at radius 3 is 0.757 bits per heavy atom. The van der Waals surface area contributed by atoms with Crippen LogP contribution in [0.2, 0.25) is 0 Å². The standard InChI is InChI=1S/2C66H44N2/c1-3-16-45(17-4-1)50-20-11-22-52(42-50)53-23-12-21-51(43-53)49-36-34-47(35-37-49)48-38-40-55(41-39-48)67-63-32-10-8-27-61(63)65-58(28-15-33-64(65)67)60-30-14-29-59-57-26-7-9-31-62(57)68(66(59)60)56-25-13-24-54(44-56)46-18-5-2-6-19-46;1-3-15-45(16-4-1)50-19-11-21-52(41-50)53-22-12-20-51(42-53)49-33-31-47(32-34-49)48-35-38-56(39-36-48)67-62-28-9-7-25-59(62)61-44-55(37-40-64(61)67)58-27-14-30-65-66(58)60-26-8-10-29-63(60)68(65)57-24-13-23-54(43-57)46-17-5-2-6-18-46/h2*1-44H. The van der Waals surface area contributed by atoms with Gasteiger partial charge in [0.1, 0.15) is 0 Å². The molecule has 4 nitrogen and oxygen atoms in total. The molecule has 0 radical (unpaired) electrons. The molecule has 0 bridgehead atoms. The predicted molar refractivity (Wildman–Crippen MR) is 575 cm³/mol. The van der Waals surface area contributed by atoms with Crippen molar-refractivity contribution in [3.63, 3.8) is 0 Å². The highest BCUT2D eigenvalue weighted by Gasteiger charge is 2.25. The lowest BCUT2D eigenvalue weighted by atomic mass is 9.95. The molecule has 0 aliphatic rings. The Morgan fingerprint density at radius 1 is 0.103 bits per heavy atom. The zero-order valence-corrected chi connectivity index (χ0v) is 74.6. The van der Waals surface area contributed by atoms with Gasteiger partial charge in [-0.2, -0.15) is 0 Å². The van der Waals surface area contributed by atoms with Crippen molar-refractivity contribution < 1.29 is 0 Å². The van der Waals surface area contributed by atoms with Gasteiger partial charge in [0, 0.05) is 71.4 Å². The SMILES string of the molecule is c1ccc(-c2cccc(-c3cccc(-c4ccc(-c5ccc(-n6c7ccccc7c7c(-c8cccc9c%10ccccc%10n(-c%10cccc(-c%11ccccc%11)c%10)c89)cccc76)cc5)cc4)c3)c2)cc1.c1ccc(-c2cccc(-c3cccc(-c4ccc(-c5ccc(-n6c7ccccc7c7cc(-c8cccc9c8c8ccccc8n9-c8cccc(-c9ccccc9)c8)ccc76)cc5)cc4)c3)c2)cc1. The molecule has 26 rings (SSSR count). The zero-order chi connectivity index (χ0) is 89.9. The van der Waals surface area contributed by atoms with Crippen LogP contribution >= 0.6 is 0 Å². The molecule has 0 aliphatic carbocycles. The molecule has 136 heavy (non-hydrogen) atoms. The van der Waals surface area contributed by atoms with Crippen molar-refractivity contribution in [3.8, 4) is 156 Å². The molecule has 4 heterocycles. The van der Waals surface area contributed by atoms with Crippen LogP contribution in [0.1, 0.15) is 0 Å². The third-order valence-corrected chi connectivity index (χ3v) is 27.5. The molecule has 0 amide bonds. The van der Waals surface area contributed by atoms with Crippen molar-refractivity contribution in [2.45, 2.75) is 0 Å². The van der Waals surface area contributed by atoms with Gasteiger partial charge < -0.3 is 18.3 Å². The van der Waals surface area contributed by atoms with Gasteiger partial charge in [0.2, 0.25) is 0 Å². The van der Waals surface area contributed by atoms with E-state index in [2.05, 4.69) is 552 Å². The molecule has 0 atom stereocenters. The van der Waals surface area contributed by atoms with Crippen LogP contribution < -0.4 is 0 Å². The molecule has 0 unspecified atom stereocenters. The highest BCUT2D eigenvalue weighted by molar-refractivity contribution is 6.22. The maximum atomic E-state index is 2.47. The quantitative estimate of drug-likeness (QED) is 0.0919. The fraction of sp³-hybridized carbons (Fsp3) is 0. The number of fused-ring (bicyclic) bond motifs is 12. The molecule has 0 spiro atoms. The van der Waals surface area contributed by atoms with Crippen molar-refractivity contribution >= 4 is 87.2 Å². The predicted octanol–water partition coefficient (Wildman–Crippen LogP) is 35.8. The van der Waals surface area contributed by atoms with Gasteiger partial charge in [-0.05, 0) is 249 Å². The molecule has 4 aromatic heterocycles. The molecule has 0 aliphatic heterocycles. The Balaban J connectivity index is 0.000000145. The second-order valence-corrected chi connectivity index (χ2v) is 35.4. The first-order chi connectivity index (χ1) is 67.4. The minimum atomic E-state index is 1.13. The van der Waals surface area contributed by atoms with Crippen LogP contribution in [0.4, 0.5) is 0 Å². The van der Waals surface area contributed by atoms with Crippen LogP contribution in [0.5, 0.6) is 0 Å². The van der Waals surface area contributed by atoms with Crippen LogP contribution in [0.3, 0.4) is 0 Å². The highest BCUT2D eigenvalue weighted by atomic mass is 15.0. The lowest BCUT2D eigenvalue weighted by Crippen LogP contribution is -1.96. The lowest BCUT2D eigenvalue weighted by Gasteiger charge is -2.14. The number of hydrogen-bond donors (Lipinski definition) is 0. The smallest absolute Gasteiger partial charge is 0.0619 e. The summed E-state index contributed by atoms with van der Waals surface area (Å²) >= 11 is 0. The second kappa shape index (κ2) is 34.4. The van der Waals surface area contributed by atoms with Crippen LogP contribution in [-0.4, -0.2) is 18.3 Å². The first-order valence-corrected chi connectivity index (χ1v) is 46.8. The van der Waals surface area contributed by atoms with Crippen LogP contribution in [0.15, 0.2) is 534 Å². The van der Waals surface area contributed by atoms with E-state index >= 15 is 0 Å². The van der Waals surface area contributed by atoms with Gasteiger partial charge in [-0.25, -0.2) is 0 Å². The summed E-state index contributed by atoms with van der Waals surface area (Å²) in [5.41, 5.74) is 43.1. The summed E-state index contributed by atoms with van der Waals surface area (Å²) in [7, 11) is 0. The van der Waals surface area contributed by atoms with E-state index in [1.807, 2.05) is 0 Å². The van der Waals surface area contributed by atoms with Crippen molar-refractivity contribution in [2.24, 2.45) is 0 Å². The van der Waals surface area contributed by atoms with Crippen LogP contribution in [-0.2, 0) is 0 Å². The minimum Gasteiger partial charge on any atom is -0.309 e. The van der Waals surface area contributed by atoms with E-state index in [9.17, 15) is 0 Å². The summed E-state index contributed by atoms with van der Waals surface area (Å²) in [5, 5.41) is 9.95. The summed E-state index contributed by atoms with van der Waals surface area (Å²) < 4.78 is 9.74. The second-order valence-electron chi connectivity index (χ2n) is 35.4. The number of aromatic nitrogens is 4. The largest absolute Gasteiger partial charge is 0.309 e. The zero-order valence-electron chi connectivity index (χ0n) is 74.6. The van der Waals surface area contributed by atoms with E-state index in [1.54, 1.807) is 0 Å².